The van der Waals surface area contributed by atoms with E-state index in [2.05, 4.69) is 33.8 Å². The molecular formula is C12H24O. The van der Waals surface area contributed by atoms with Gasteiger partial charge in [-0.15, -0.1) is 0 Å². The minimum absolute atomic E-state index is 0.248. The molecule has 0 aromatic rings. The molecule has 0 aromatic carbocycles. The first-order chi connectivity index (χ1) is 5.99. The average Bonchev–Trinajstić information content (AvgIpc) is 2.02. The van der Waals surface area contributed by atoms with Crippen LogP contribution < -0.4 is 0 Å². The van der Waals surface area contributed by atoms with Gasteiger partial charge in [-0.25, -0.2) is 0 Å². The van der Waals surface area contributed by atoms with Crippen LogP contribution in [-0.4, -0.2) is 11.2 Å². The molecule has 0 rings (SSSR count). The Labute approximate surface area is 82.9 Å². The van der Waals surface area contributed by atoms with Gasteiger partial charge in [0.2, 0.25) is 0 Å². The summed E-state index contributed by atoms with van der Waals surface area (Å²) in [6.45, 7) is 10.6. The monoisotopic (exact) mass is 184 g/mol. The van der Waals surface area contributed by atoms with E-state index in [1.807, 2.05) is 6.92 Å². The van der Waals surface area contributed by atoms with Crippen molar-refractivity contribution in [3.63, 3.8) is 0 Å². The molecule has 1 N–H and O–H groups in total. The second kappa shape index (κ2) is 6.20. The summed E-state index contributed by atoms with van der Waals surface area (Å²) in [5.74, 6) is 1.04. The molecule has 78 valence electrons. The van der Waals surface area contributed by atoms with Crippen LogP contribution in [0.2, 0.25) is 0 Å². The van der Waals surface area contributed by atoms with Crippen molar-refractivity contribution in [2.24, 2.45) is 11.8 Å². The van der Waals surface area contributed by atoms with E-state index in [9.17, 15) is 5.11 Å². The molecule has 0 saturated heterocycles. The zero-order valence-electron chi connectivity index (χ0n) is 9.67. The maximum absolute atomic E-state index is 9.90. The number of aliphatic hydroxyl groups excluding tert-OH is 1. The maximum Gasteiger partial charge on any atom is 0.0773 e. The summed E-state index contributed by atoms with van der Waals surface area (Å²) in [4.78, 5) is 0. The molecule has 0 bridgehead atoms. The highest BCUT2D eigenvalue weighted by molar-refractivity contribution is 5.05. The molecule has 0 aliphatic heterocycles. The van der Waals surface area contributed by atoms with Gasteiger partial charge >= 0.3 is 0 Å². The van der Waals surface area contributed by atoms with Crippen LogP contribution in [0.25, 0.3) is 0 Å². The van der Waals surface area contributed by atoms with Crippen molar-refractivity contribution in [3.8, 4) is 0 Å². The summed E-state index contributed by atoms with van der Waals surface area (Å²) >= 11 is 0. The highest BCUT2D eigenvalue weighted by Crippen LogP contribution is 2.19. The standard InChI is InChI=1S/C12H24O/c1-6-7-10(4)12(13)11(5)8-9(2)3/h7,9,11-13H,6,8H2,1-5H3. The predicted octanol–water partition coefficient (Wildman–Crippen LogP) is 3.39. The quantitative estimate of drug-likeness (QED) is 0.649. The molecule has 1 heteroatoms. The molecule has 2 unspecified atom stereocenters. The lowest BCUT2D eigenvalue weighted by Gasteiger charge is -2.21. The van der Waals surface area contributed by atoms with E-state index in [1.165, 1.54) is 0 Å². The fourth-order valence-corrected chi connectivity index (χ4v) is 1.76. The van der Waals surface area contributed by atoms with Crippen LogP contribution in [0.15, 0.2) is 11.6 Å². The SMILES string of the molecule is CCC=C(C)C(O)C(C)CC(C)C. The molecular weight excluding hydrogens is 160 g/mol. The number of allylic oxidation sites excluding steroid dienone is 1. The highest BCUT2D eigenvalue weighted by Gasteiger charge is 2.16. The lowest BCUT2D eigenvalue weighted by Crippen LogP contribution is -2.20. The van der Waals surface area contributed by atoms with Gasteiger partial charge < -0.3 is 5.11 Å². The fraction of sp³-hybridized carbons (Fsp3) is 0.833. The Bertz CT molecular complexity index is 159. The van der Waals surface area contributed by atoms with Gasteiger partial charge in [0.05, 0.1) is 6.10 Å². The summed E-state index contributed by atoms with van der Waals surface area (Å²) in [6.07, 6.45) is 3.97. The van der Waals surface area contributed by atoms with Crippen LogP contribution in [-0.2, 0) is 0 Å². The molecule has 0 saturated carbocycles. The largest absolute Gasteiger partial charge is 0.388 e. The van der Waals surface area contributed by atoms with Crippen LogP contribution in [0.1, 0.15) is 47.5 Å². The summed E-state index contributed by atoms with van der Waals surface area (Å²) in [7, 11) is 0. The first-order valence-electron chi connectivity index (χ1n) is 5.33. The van der Waals surface area contributed by atoms with Gasteiger partial charge in [-0.3, -0.25) is 0 Å². The van der Waals surface area contributed by atoms with Crippen molar-refractivity contribution in [1.29, 1.82) is 0 Å². The molecule has 0 aromatic heterocycles. The van der Waals surface area contributed by atoms with E-state index < -0.39 is 0 Å². The molecule has 0 amide bonds. The van der Waals surface area contributed by atoms with E-state index in [4.69, 9.17) is 0 Å². The summed E-state index contributed by atoms with van der Waals surface area (Å²) in [5.41, 5.74) is 1.12. The topological polar surface area (TPSA) is 20.2 Å². The van der Waals surface area contributed by atoms with Crippen LogP contribution >= 0.6 is 0 Å². The normalized spacial score (nSPS) is 17.6. The number of rotatable bonds is 5. The van der Waals surface area contributed by atoms with Gasteiger partial charge in [0.15, 0.2) is 0 Å². The number of hydrogen-bond donors (Lipinski definition) is 1. The predicted molar refractivity (Wildman–Crippen MR) is 58.7 cm³/mol. The minimum atomic E-state index is -0.248. The van der Waals surface area contributed by atoms with Crippen molar-refractivity contribution in [2.45, 2.75) is 53.6 Å². The van der Waals surface area contributed by atoms with Crippen molar-refractivity contribution in [3.05, 3.63) is 11.6 Å². The van der Waals surface area contributed by atoms with Crippen LogP contribution in [0.4, 0.5) is 0 Å². The average molecular weight is 184 g/mol. The van der Waals surface area contributed by atoms with E-state index in [1.54, 1.807) is 0 Å². The Morgan fingerprint density at radius 2 is 1.85 bits per heavy atom. The lowest BCUT2D eigenvalue weighted by atomic mass is 9.90. The van der Waals surface area contributed by atoms with Crippen LogP contribution in [0.3, 0.4) is 0 Å². The van der Waals surface area contributed by atoms with Gasteiger partial charge in [-0.1, -0.05) is 33.8 Å². The number of hydrogen-bond acceptors (Lipinski definition) is 1. The second-order valence-electron chi connectivity index (χ2n) is 4.41. The fourth-order valence-electron chi connectivity index (χ4n) is 1.76. The highest BCUT2D eigenvalue weighted by atomic mass is 16.3. The Balaban J connectivity index is 4.08. The van der Waals surface area contributed by atoms with Gasteiger partial charge in [0, 0.05) is 0 Å². The minimum Gasteiger partial charge on any atom is -0.388 e. The van der Waals surface area contributed by atoms with Crippen molar-refractivity contribution in [1.82, 2.24) is 0 Å². The van der Waals surface area contributed by atoms with Crippen molar-refractivity contribution < 1.29 is 5.11 Å². The lowest BCUT2D eigenvalue weighted by molar-refractivity contribution is 0.137. The van der Waals surface area contributed by atoms with Gasteiger partial charge in [-0.2, -0.15) is 0 Å². The summed E-state index contributed by atoms with van der Waals surface area (Å²) in [5, 5.41) is 9.90. The third kappa shape index (κ3) is 5.09. The molecule has 13 heavy (non-hydrogen) atoms. The Kier molecular flexibility index (Phi) is 6.06. The van der Waals surface area contributed by atoms with Gasteiger partial charge in [-0.05, 0) is 37.2 Å². The van der Waals surface area contributed by atoms with E-state index >= 15 is 0 Å². The van der Waals surface area contributed by atoms with Crippen LogP contribution in [0.5, 0.6) is 0 Å². The van der Waals surface area contributed by atoms with Crippen molar-refractivity contribution >= 4 is 0 Å². The van der Waals surface area contributed by atoms with E-state index in [0.717, 1.165) is 18.4 Å². The van der Waals surface area contributed by atoms with Crippen LogP contribution in [0, 0.1) is 11.8 Å². The van der Waals surface area contributed by atoms with Crippen molar-refractivity contribution in [2.75, 3.05) is 0 Å². The van der Waals surface area contributed by atoms with E-state index in [0.29, 0.717) is 11.8 Å². The molecule has 0 aliphatic carbocycles. The maximum atomic E-state index is 9.90. The molecule has 0 radical (unpaired) electrons. The molecule has 1 nitrogen and oxygen atoms in total. The third-order valence-electron chi connectivity index (χ3n) is 2.37. The first-order valence-corrected chi connectivity index (χ1v) is 5.33. The summed E-state index contributed by atoms with van der Waals surface area (Å²) in [6, 6.07) is 0. The van der Waals surface area contributed by atoms with E-state index in [-0.39, 0.29) is 6.10 Å². The molecule has 0 spiro atoms. The molecule has 0 fully saturated rings. The first kappa shape index (κ1) is 12.7. The zero-order valence-corrected chi connectivity index (χ0v) is 9.67. The third-order valence-corrected chi connectivity index (χ3v) is 2.37. The second-order valence-corrected chi connectivity index (χ2v) is 4.41. The smallest absolute Gasteiger partial charge is 0.0773 e. The molecule has 0 aliphatic rings. The molecule has 0 heterocycles. The zero-order chi connectivity index (χ0) is 10.4. The summed E-state index contributed by atoms with van der Waals surface area (Å²) < 4.78 is 0. The Hall–Kier alpha value is -0.300. The molecule has 2 atom stereocenters. The van der Waals surface area contributed by atoms with Gasteiger partial charge in [0.1, 0.15) is 0 Å². The Morgan fingerprint density at radius 1 is 1.31 bits per heavy atom. The Morgan fingerprint density at radius 3 is 2.23 bits per heavy atom. The number of aliphatic hydroxyl groups is 1. The van der Waals surface area contributed by atoms with Gasteiger partial charge in [0.25, 0.3) is 0 Å².